The standard InChI is InChI=1S/C25H23ClN4O2S/c26-22-9-8-21(33-22)24(31)29-20-3-1-2-18-19(20)15-30(25(18)32)13-10-16-4-6-17(7-5-16)14-23-27-11-12-28-23/h1-9H,10-15H2,(H,27,28)(H,29,31). The van der Waals surface area contributed by atoms with Gasteiger partial charge in [0.2, 0.25) is 0 Å². The molecule has 0 aliphatic carbocycles. The zero-order valence-electron chi connectivity index (χ0n) is 17.9. The van der Waals surface area contributed by atoms with Crippen LogP contribution in [0.3, 0.4) is 0 Å². The Bertz CT molecular complexity index is 1240. The first-order valence-corrected chi connectivity index (χ1v) is 12.1. The maximum atomic E-state index is 13.0. The van der Waals surface area contributed by atoms with Gasteiger partial charge < -0.3 is 15.5 Å². The minimum absolute atomic E-state index is 0.00204. The van der Waals surface area contributed by atoms with Crippen LogP contribution in [0, 0.1) is 0 Å². The van der Waals surface area contributed by atoms with Crippen molar-refractivity contribution in [2.45, 2.75) is 19.4 Å². The predicted molar refractivity (Wildman–Crippen MR) is 133 cm³/mol. The smallest absolute Gasteiger partial charge is 0.265 e. The lowest BCUT2D eigenvalue weighted by molar-refractivity contribution is 0.0780. The molecule has 2 aliphatic heterocycles. The van der Waals surface area contributed by atoms with E-state index in [2.05, 4.69) is 39.9 Å². The van der Waals surface area contributed by atoms with E-state index < -0.39 is 0 Å². The van der Waals surface area contributed by atoms with Crippen LogP contribution in [0.15, 0.2) is 59.6 Å². The first-order chi connectivity index (χ1) is 16.1. The van der Waals surface area contributed by atoms with Gasteiger partial charge in [-0.1, -0.05) is 41.9 Å². The highest BCUT2D eigenvalue weighted by Crippen LogP contribution is 2.30. The number of hydrogen-bond donors (Lipinski definition) is 2. The number of carbonyl (C=O) groups excluding carboxylic acids is 2. The Morgan fingerprint density at radius 1 is 1.12 bits per heavy atom. The molecule has 2 aliphatic rings. The number of amidine groups is 1. The van der Waals surface area contributed by atoms with Gasteiger partial charge in [-0.2, -0.15) is 0 Å². The molecule has 33 heavy (non-hydrogen) atoms. The molecule has 0 unspecified atom stereocenters. The van der Waals surface area contributed by atoms with E-state index in [1.165, 1.54) is 22.5 Å². The normalized spacial score (nSPS) is 14.8. The monoisotopic (exact) mass is 478 g/mol. The van der Waals surface area contributed by atoms with E-state index in [-0.39, 0.29) is 11.8 Å². The Morgan fingerprint density at radius 3 is 2.67 bits per heavy atom. The van der Waals surface area contributed by atoms with Crippen molar-refractivity contribution < 1.29 is 9.59 Å². The van der Waals surface area contributed by atoms with Crippen LogP contribution in [0.25, 0.3) is 0 Å². The summed E-state index contributed by atoms with van der Waals surface area (Å²) in [6.07, 6.45) is 1.60. The third kappa shape index (κ3) is 4.79. The number of hydrogen-bond acceptors (Lipinski definition) is 5. The summed E-state index contributed by atoms with van der Waals surface area (Å²) in [4.78, 5) is 32.3. The van der Waals surface area contributed by atoms with Gasteiger partial charge in [-0.05, 0) is 41.8 Å². The Hall–Kier alpha value is -3.16. The summed E-state index contributed by atoms with van der Waals surface area (Å²) in [5.41, 5.74) is 4.59. The van der Waals surface area contributed by atoms with Crippen molar-refractivity contribution in [1.29, 1.82) is 0 Å². The molecule has 168 valence electrons. The van der Waals surface area contributed by atoms with Crippen molar-refractivity contribution in [1.82, 2.24) is 10.2 Å². The van der Waals surface area contributed by atoms with E-state index in [0.717, 1.165) is 37.3 Å². The highest BCUT2D eigenvalue weighted by molar-refractivity contribution is 7.18. The van der Waals surface area contributed by atoms with Crippen molar-refractivity contribution >= 4 is 46.3 Å². The molecule has 0 atom stereocenters. The number of carbonyl (C=O) groups is 2. The number of anilines is 1. The third-order valence-electron chi connectivity index (χ3n) is 5.90. The van der Waals surface area contributed by atoms with E-state index in [4.69, 9.17) is 11.6 Å². The first-order valence-electron chi connectivity index (χ1n) is 10.9. The molecule has 3 heterocycles. The molecule has 8 heteroatoms. The SMILES string of the molecule is O=C(Nc1cccc2c1CN(CCc1ccc(CC3=NCCN3)cc1)C2=O)c1ccc(Cl)s1. The Kier molecular flexibility index (Phi) is 6.15. The number of amides is 2. The molecule has 0 spiro atoms. The van der Waals surface area contributed by atoms with Gasteiger partial charge >= 0.3 is 0 Å². The van der Waals surface area contributed by atoms with Crippen LogP contribution in [-0.2, 0) is 19.4 Å². The van der Waals surface area contributed by atoms with Crippen LogP contribution in [0.5, 0.6) is 0 Å². The lowest BCUT2D eigenvalue weighted by Crippen LogP contribution is -2.26. The summed E-state index contributed by atoms with van der Waals surface area (Å²) in [7, 11) is 0. The summed E-state index contributed by atoms with van der Waals surface area (Å²) in [6.45, 7) is 2.88. The van der Waals surface area contributed by atoms with Crippen LogP contribution in [-0.4, -0.2) is 42.2 Å². The molecule has 0 bridgehead atoms. The summed E-state index contributed by atoms with van der Waals surface area (Å²) >= 11 is 7.18. The van der Waals surface area contributed by atoms with Crippen LogP contribution in [0.4, 0.5) is 5.69 Å². The molecule has 6 nitrogen and oxygen atoms in total. The fourth-order valence-electron chi connectivity index (χ4n) is 4.16. The molecule has 0 fully saturated rings. The molecule has 0 saturated heterocycles. The number of aliphatic imine (C=N–C) groups is 1. The van der Waals surface area contributed by atoms with Crippen molar-refractivity contribution in [3.63, 3.8) is 0 Å². The van der Waals surface area contributed by atoms with Gasteiger partial charge in [0.1, 0.15) is 5.84 Å². The van der Waals surface area contributed by atoms with Crippen molar-refractivity contribution in [2.24, 2.45) is 4.99 Å². The average molecular weight is 479 g/mol. The number of rotatable bonds is 7. The summed E-state index contributed by atoms with van der Waals surface area (Å²) in [5, 5.41) is 6.24. The maximum absolute atomic E-state index is 13.0. The minimum Gasteiger partial charge on any atom is -0.372 e. The van der Waals surface area contributed by atoms with E-state index in [9.17, 15) is 9.59 Å². The lowest BCUT2D eigenvalue weighted by atomic mass is 10.1. The second kappa shape index (κ2) is 9.37. The van der Waals surface area contributed by atoms with Gasteiger partial charge in [-0.25, -0.2) is 0 Å². The van der Waals surface area contributed by atoms with Crippen LogP contribution < -0.4 is 10.6 Å². The van der Waals surface area contributed by atoms with E-state index in [1.807, 2.05) is 17.0 Å². The molecule has 2 aromatic carbocycles. The van der Waals surface area contributed by atoms with E-state index in [0.29, 0.717) is 33.6 Å². The molecule has 0 radical (unpaired) electrons. The fraction of sp³-hybridized carbons (Fsp3) is 0.240. The third-order valence-corrected chi connectivity index (χ3v) is 7.13. The number of thiophene rings is 1. The van der Waals surface area contributed by atoms with Gasteiger partial charge in [0.15, 0.2) is 0 Å². The summed E-state index contributed by atoms with van der Waals surface area (Å²) < 4.78 is 0.566. The summed E-state index contributed by atoms with van der Waals surface area (Å²) in [6, 6.07) is 17.4. The largest absolute Gasteiger partial charge is 0.372 e. The van der Waals surface area contributed by atoms with E-state index >= 15 is 0 Å². The average Bonchev–Trinajstić information content (AvgIpc) is 3.55. The van der Waals surface area contributed by atoms with Crippen molar-refractivity contribution in [3.05, 3.63) is 86.1 Å². The molecular formula is C25H23ClN4O2S. The minimum atomic E-state index is -0.218. The Balaban J connectivity index is 1.22. The highest BCUT2D eigenvalue weighted by atomic mass is 35.5. The van der Waals surface area contributed by atoms with Crippen LogP contribution in [0.1, 0.15) is 36.7 Å². The van der Waals surface area contributed by atoms with Crippen molar-refractivity contribution in [3.8, 4) is 0 Å². The fourth-order valence-corrected chi connectivity index (χ4v) is 5.09. The number of halogens is 1. The van der Waals surface area contributed by atoms with E-state index in [1.54, 1.807) is 18.2 Å². The molecule has 2 N–H and O–H groups in total. The Labute approximate surface area is 201 Å². The Morgan fingerprint density at radius 2 is 1.94 bits per heavy atom. The lowest BCUT2D eigenvalue weighted by Gasteiger charge is -2.16. The second-order valence-corrected chi connectivity index (χ2v) is 9.83. The first kappa shape index (κ1) is 21.7. The van der Waals surface area contributed by atoms with Gasteiger partial charge in [-0.15, -0.1) is 11.3 Å². The van der Waals surface area contributed by atoms with Crippen LogP contribution >= 0.6 is 22.9 Å². The molecule has 0 saturated carbocycles. The molecule has 2 amide bonds. The van der Waals surface area contributed by atoms with Crippen molar-refractivity contribution in [2.75, 3.05) is 25.0 Å². The molecule has 5 rings (SSSR count). The number of nitrogens with zero attached hydrogens (tertiary/aromatic N) is 2. The van der Waals surface area contributed by atoms with Gasteiger partial charge in [0, 0.05) is 42.9 Å². The molecule has 1 aromatic heterocycles. The quantitative estimate of drug-likeness (QED) is 0.528. The maximum Gasteiger partial charge on any atom is 0.265 e. The zero-order chi connectivity index (χ0) is 22.8. The predicted octanol–water partition coefficient (Wildman–Crippen LogP) is 4.40. The molecular weight excluding hydrogens is 456 g/mol. The second-order valence-electron chi connectivity index (χ2n) is 8.11. The highest BCUT2D eigenvalue weighted by Gasteiger charge is 2.29. The zero-order valence-corrected chi connectivity index (χ0v) is 19.5. The molecule has 3 aromatic rings. The topological polar surface area (TPSA) is 73.8 Å². The van der Waals surface area contributed by atoms with Gasteiger partial charge in [-0.3, -0.25) is 14.6 Å². The number of nitrogens with one attached hydrogen (secondary N) is 2. The van der Waals surface area contributed by atoms with Gasteiger partial charge in [0.25, 0.3) is 11.8 Å². The van der Waals surface area contributed by atoms with Gasteiger partial charge in [0.05, 0.1) is 15.8 Å². The summed E-state index contributed by atoms with van der Waals surface area (Å²) in [5.74, 6) is 0.834. The van der Waals surface area contributed by atoms with Crippen LogP contribution in [0.2, 0.25) is 4.34 Å². The number of fused-ring (bicyclic) bond motifs is 1. The number of benzene rings is 2.